The molecule has 2 aliphatic rings. The summed E-state index contributed by atoms with van der Waals surface area (Å²) < 4.78 is 1.97. The highest BCUT2D eigenvalue weighted by molar-refractivity contribution is 5.91. The Bertz CT molecular complexity index is 537. The number of rotatable bonds is 5. The molecule has 3 rings (SSSR count). The van der Waals surface area contributed by atoms with Crippen molar-refractivity contribution in [1.29, 1.82) is 0 Å². The second-order valence-electron chi connectivity index (χ2n) is 7.53. The topological polar surface area (TPSA) is 53.4 Å². The van der Waals surface area contributed by atoms with Crippen LogP contribution in [0.15, 0.2) is 12.3 Å². The molecule has 0 unspecified atom stereocenters. The zero-order valence-electron chi connectivity index (χ0n) is 15.1. The van der Waals surface area contributed by atoms with Crippen LogP contribution in [-0.4, -0.2) is 64.8 Å². The fraction of sp³-hybridized carbons (Fsp3) is 0.778. The van der Waals surface area contributed by atoms with Gasteiger partial charge in [-0.1, -0.05) is 19.3 Å². The Balaban J connectivity index is 1.52. The highest BCUT2D eigenvalue weighted by Gasteiger charge is 2.24. The lowest BCUT2D eigenvalue weighted by Gasteiger charge is -2.37. The summed E-state index contributed by atoms with van der Waals surface area (Å²) in [5.41, 5.74) is 0. The number of likely N-dealkylation sites (N-methyl/N-ethyl adjacent to an activating group) is 1. The molecule has 1 aliphatic heterocycles. The van der Waals surface area contributed by atoms with Crippen molar-refractivity contribution in [1.82, 2.24) is 19.6 Å². The Morgan fingerprint density at radius 1 is 1.29 bits per heavy atom. The third-order valence-corrected chi connectivity index (χ3v) is 5.45. The van der Waals surface area contributed by atoms with Gasteiger partial charge in [0.05, 0.1) is 12.7 Å². The number of hydrogen-bond donors (Lipinski definition) is 1. The van der Waals surface area contributed by atoms with E-state index in [0.717, 1.165) is 32.0 Å². The van der Waals surface area contributed by atoms with Crippen molar-refractivity contribution in [3.05, 3.63) is 12.3 Å². The van der Waals surface area contributed by atoms with Crippen molar-refractivity contribution in [3.8, 4) is 0 Å². The van der Waals surface area contributed by atoms with E-state index in [-0.39, 0.29) is 5.91 Å². The van der Waals surface area contributed by atoms with Gasteiger partial charge in [0.15, 0.2) is 0 Å². The zero-order chi connectivity index (χ0) is 16.9. The Kier molecular flexibility index (Phi) is 5.89. The number of carbonyl (C=O) groups excluding carboxylic acids is 1. The predicted molar refractivity (Wildman–Crippen MR) is 96.0 cm³/mol. The number of hydrogen-bond acceptors (Lipinski definition) is 4. The highest BCUT2D eigenvalue weighted by Crippen LogP contribution is 2.25. The van der Waals surface area contributed by atoms with Crippen LogP contribution in [0, 0.1) is 5.92 Å². The number of nitrogens with zero attached hydrogens (tertiary/aromatic N) is 4. The molecule has 0 aromatic carbocycles. The fourth-order valence-electron chi connectivity index (χ4n) is 3.98. The van der Waals surface area contributed by atoms with Crippen LogP contribution in [0.3, 0.4) is 0 Å². The zero-order valence-corrected chi connectivity index (χ0v) is 15.1. The van der Waals surface area contributed by atoms with Crippen molar-refractivity contribution in [2.24, 2.45) is 5.92 Å². The Morgan fingerprint density at radius 2 is 2.08 bits per heavy atom. The maximum absolute atomic E-state index is 12.4. The molecular weight excluding hydrogens is 302 g/mol. The number of amides is 1. The van der Waals surface area contributed by atoms with Crippen LogP contribution < -0.4 is 5.32 Å². The lowest BCUT2D eigenvalue weighted by molar-refractivity contribution is -0.118. The van der Waals surface area contributed by atoms with E-state index in [9.17, 15) is 4.79 Å². The molecule has 0 bridgehead atoms. The number of piperazine rings is 1. The lowest BCUT2D eigenvalue weighted by atomic mass is 9.89. The first-order valence-corrected chi connectivity index (χ1v) is 9.36. The number of aromatic nitrogens is 2. The molecule has 6 nitrogen and oxygen atoms in total. The minimum atomic E-state index is 0.0665. The standard InChI is InChI=1S/C18H31N5O/c1-15-12-21(2)10-11-22(15)14-18(24)20-17-8-9-19-23(17)13-16-6-4-3-5-7-16/h8-9,15-16H,3-7,10-14H2,1-2H3,(H,20,24)/t15-/m1/s1. The van der Waals surface area contributed by atoms with E-state index < -0.39 is 0 Å². The number of nitrogens with one attached hydrogen (secondary N) is 1. The van der Waals surface area contributed by atoms with Gasteiger partial charge in [-0.05, 0) is 32.7 Å². The van der Waals surface area contributed by atoms with Crippen LogP contribution in [0.4, 0.5) is 5.82 Å². The Labute approximate surface area is 145 Å². The van der Waals surface area contributed by atoms with Gasteiger partial charge in [0.25, 0.3) is 0 Å². The van der Waals surface area contributed by atoms with Crippen molar-refractivity contribution in [3.63, 3.8) is 0 Å². The van der Waals surface area contributed by atoms with Gasteiger partial charge in [-0.15, -0.1) is 0 Å². The molecule has 6 heteroatoms. The van der Waals surface area contributed by atoms with Gasteiger partial charge in [0.1, 0.15) is 5.82 Å². The molecule has 1 amide bonds. The summed E-state index contributed by atoms with van der Waals surface area (Å²) >= 11 is 0. The summed E-state index contributed by atoms with van der Waals surface area (Å²) in [6.07, 6.45) is 8.38. The van der Waals surface area contributed by atoms with Crippen LogP contribution >= 0.6 is 0 Å². The number of carbonyl (C=O) groups is 1. The summed E-state index contributed by atoms with van der Waals surface area (Å²) in [5, 5.41) is 7.48. The van der Waals surface area contributed by atoms with Gasteiger partial charge >= 0.3 is 0 Å². The van der Waals surface area contributed by atoms with Gasteiger partial charge in [0, 0.05) is 38.3 Å². The highest BCUT2D eigenvalue weighted by atomic mass is 16.2. The van der Waals surface area contributed by atoms with E-state index >= 15 is 0 Å². The molecule has 134 valence electrons. The normalized spacial score (nSPS) is 24.2. The molecule has 1 atom stereocenters. The third kappa shape index (κ3) is 4.57. The second-order valence-corrected chi connectivity index (χ2v) is 7.53. The van der Waals surface area contributed by atoms with Crippen LogP contribution in [0.5, 0.6) is 0 Å². The molecule has 1 saturated heterocycles. The van der Waals surface area contributed by atoms with Gasteiger partial charge in [0.2, 0.25) is 5.91 Å². The Hall–Kier alpha value is -1.40. The molecule has 24 heavy (non-hydrogen) atoms. The average molecular weight is 333 g/mol. The SMILES string of the molecule is C[C@@H]1CN(C)CCN1CC(=O)Nc1ccnn1CC1CCCCC1. The largest absolute Gasteiger partial charge is 0.310 e. The first-order chi connectivity index (χ1) is 11.6. The monoisotopic (exact) mass is 333 g/mol. The van der Waals surface area contributed by atoms with E-state index in [0.29, 0.717) is 18.5 Å². The molecule has 1 N–H and O–H groups in total. The third-order valence-electron chi connectivity index (χ3n) is 5.45. The molecule has 0 spiro atoms. The first-order valence-electron chi connectivity index (χ1n) is 9.36. The number of anilines is 1. The predicted octanol–water partition coefficient (Wildman–Crippen LogP) is 2.04. The molecule has 2 fully saturated rings. The molecule has 1 saturated carbocycles. The van der Waals surface area contributed by atoms with Gasteiger partial charge in [-0.3, -0.25) is 9.69 Å². The van der Waals surface area contributed by atoms with Gasteiger partial charge in [-0.25, -0.2) is 4.68 Å². The molecule has 0 radical (unpaired) electrons. The van der Waals surface area contributed by atoms with Crippen LogP contribution in [0.25, 0.3) is 0 Å². The summed E-state index contributed by atoms with van der Waals surface area (Å²) in [5.74, 6) is 1.61. The van der Waals surface area contributed by atoms with Crippen LogP contribution in [0.2, 0.25) is 0 Å². The minimum absolute atomic E-state index is 0.0665. The van der Waals surface area contributed by atoms with Gasteiger partial charge < -0.3 is 10.2 Å². The molecular formula is C18H31N5O. The maximum Gasteiger partial charge on any atom is 0.239 e. The smallest absolute Gasteiger partial charge is 0.239 e. The van der Waals surface area contributed by atoms with E-state index in [1.54, 1.807) is 6.20 Å². The van der Waals surface area contributed by atoms with E-state index in [2.05, 4.69) is 34.2 Å². The molecule has 1 aromatic rings. The first kappa shape index (κ1) is 17.4. The molecule has 1 aromatic heterocycles. The van der Waals surface area contributed by atoms with E-state index in [4.69, 9.17) is 0 Å². The average Bonchev–Trinajstić information content (AvgIpc) is 2.98. The summed E-state index contributed by atoms with van der Waals surface area (Å²) in [4.78, 5) is 17.0. The summed E-state index contributed by atoms with van der Waals surface area (Å²) in [7, 11) is 2.14. The molecule has 1 aliphatic carbocycles. The summed E-state index contributed by atoms with van der Waals surface area (Å²) in [6.45, 7) is 6.57. The van der Waals surface area contributed by atoms with E-state index in [1.807, 2.05) is 10.7 Å². The van der Waals surface area contributed by atoms with Crippen molar-refractivity contribution in [2.45, 2.75) is 51.6 Å². The van der Waals surface area contributed by atoms with E-state index in [1.165, 1.54) is 32.1 Å². The fourth-order valence-corrected chi connectivity index (χ4v) is 3.98. The summed E-state index contributed by atoms with van der Waals surface area (Å²) in [6, 6.07) is 2.33. The minimum Gasteiger partial charge on any atom is -0.310 e. The Morgan fingerprint density at radius 3 is 2.83 bits per heavy atom. The van der Waals surface area contributed by atoms with Crippen molar-refractivity contribution < 1.29 is 4.79 Å². The van der Waals surface area contributed by atoms with Crippen molar-refractivity contribution >= 4 is 11.7 Å². The second kappa shape index (κ2) is 8.12. The molecule has 2 heterocycles. The maximum atomic E-state index is 12.4. The quantitative estimate of drug-likeness (QED) is 0.896. The van der Waals surface area contributed by atoms with Crippen LogP contribution in [-0.2, 0) is 11.3 Å². The van der Waals surface area contributed by atoms with Crippen LogP contribution in [0.1, 0.15) is 39.0 Å². The van der Waals surface area contributed by atoms with Crippen molar-refractivity contribution in [2.75, 3.05) is 38.5 Å². The lowest BCUT2D eigenvalue weighted by Crippen LogP contribution is -2.52. The van der Waals surface area contributed by atoms with Gasteiger partial charge in [-0.2, -0.15) is 5.10 Å².